The van der Waals surface area contributed by atoms with Crippen molar-refractivity contribution >= 4 is 91.2 Å². The van der Waals surface area contributed by atoms with Crippen LogP contribution in [0.2, 0.25) is 0 Å². The van der Waals surface area contributed by atoms with Crippen molar-refractivity contribution in [3.8, 4) is 0 Å². The van der Waals surface area contributed by atoms with Gasteiger partial charge in [-0.2, -0.15) is 0 Å². The highest BCUT2D eigenvalue weighted by Gasteiger charge is 2.24. The smallest absolute Gasteiger partial charge is 0.337 e. The summed E-state index contributed by atoms with van der Waals surface area (Å²) >= 11 is 5.81. The van der Waals surface area contributed by atoms with Crippen molar-refractivity contribution in [3.63, 3.8) is 0 Å². The van der Waals surface area contributed by atoms with E-state index in [4.69, 9.17) is 0 Å². The summed E-state index contributed by atoms with van der Waals surface area (Å²) in [6.07, 6.45) is 0. The number of carbonyl (C=O) groups is 3. The highest BCUT2D eigenvalue weighted by atomic mass is 127. The van der Waals surface area contributed by atoms with Crippen LogP contribution in [0.5, 0.6) is 0 Å². The molecule has 1 aromatic rings. The van der Waals surface area contributed by atoms with E-state index in [9.17, 15) is 19.5 Å². The number of carboxylic acid groups (broad SMARTS) is 1. The van der Waals surface area contributed by atoms with Crippen LogP contribution in [0.3, 0.4) is 0 Å². The lowest BCUT2D eigenvalue weighted by molar-refractivity contribution is -0.142. The molecule has 2 N–H and O–H groups in total. The van der Waals surface area contributed by atoms with Crippen molar-refractivity contribution in [2.45, 2.75) is 13.8 Å². The van der Waals surface area contributed by atoms with E-state index in [0.717, 1.165) is 0 Å². The fourth-order valence-corrected chi connectivity index (χ4v) is 5.82. The topological polar surface area (TPSA) is 86.7 Å². The average Bonchev–Trinajstić information content (AvgIpc) is 2.43. The third kappa shape index (κ3) is 4.43. The Hall–Kier alpha value is -0.180. The number of carboxylic acids is 1. The normalized spacial score (nSPS) is 10.2. The number of hydrogen-bond acceptors (Lipinski definition) is 3. The molecule has 1 rings (SSSR count). The number of anilines is 1. The van der Waals surface area contributed by atoms with Gasteiger partial charge in [0.05, 0.1) is 14.8 Å². The number of nitrogens with one attached hydrogen (secondary N) is 1. The van der Waals surface area contributed by atoms with Gasteiger partial charge in [-0.05, 0) is 87.7 Å². The summed E-state index contributed by atoms with van der Waals surface area (Å²) in [7, 11) is 0. The number of amides is 2. The summed E-state index contributed by atoms with van der Waals surface area (Å²) in [6, 6.07) is 1.66. The molecule has 0 fully saturated rings. The van der Waals surface area contributed by atoms with Gasteiger partial charge >= 0.3 is 17.8 Å². The molecular formula is C13H13I3N2O4. The zero-order chi connectivity index (χ0) is 17.0. The van der Waals surface area contributed by atoms with E-state index in [1.165, 1.54) is 4.90 Å². The molecule has 6 nitrogen and oxygen atoms in total. The number of rotatable bonds is 4. The van der Waals surface area contributed by atoms with Gasteiger partial charge in [0.1, 0.15) is 0 Å². The first-order valence-corrected chi connectivity index (χ1v) is 9.49. The van der Waals surface area contributed by atoms with Gasteiger partial charge in [0.25, 0.3) is 0 Å². The SMILES string of the molecule is CCN(CC)C(=O)C(=O)Nc1c(I)cc(I)c(C(=O)O)c1I. The fourth-order valence-electron chi connectivity index (χ4n) is 1.72. The number of carbonyl (C=O) groups excluding carboxylic acids is 2. The summed E-state index contributed by atoms with van der Waals surface area (Å²) in [4.78, 5) is 36.8. The maximum atomic E-state index is 12.1. The van der Waals surface area contributed by atoms with Gasteiger partial charge in [0, 0.05) is 20.2 Å². The van der Waals surface area contributed by atoms with Gasteiger partial charge in [0.2, 0.25) is 0 Å². The molecule has 0 spiro atoms. The van der Waals surface area contributed by atoms with E-state index >= 15 is 0 Å². The Balaban J connectivity index is 3.19. The van der Waals surface area contributed by atoms with E-state index < -0.39 is 17.8 Å². The highest BCUT2D eigenvalue weighted by molar-refractivity contribution is 14.1. The van der Waals surface area contributed by atoms with Crippen LogP contribution in [0.25, 0.3) is 0 Å². The molecule has 0 radical (unpaired) electrons. The van der Waals surface area contributed by atoms with Crippen molar-refractivity contribution in [2.24, 2.45) is 0 Å². The second kappa shape index (κ2) is 8.61. The molecule has 0 aromatic heterocycles. The molecule has 0 bridgehead atoms. The maximum absolute atomic E-state index is 12.1. The van der Waals surface area contributed by atoms with Crippen LogP contribution < -0.4 is 5.32 Å². The van der Waals surface area contributed by atoms with Gasteiger partial charge < -0.3 is 15.3 Å². The molecule has 0 atom stereocenters. The van der Waals surface area contributed by atoms with Crippen LogP contribution >= 0.6 is 67.8 Å². The third-order valence-corrected chi connectivity index (χ3v) is 5.65. The number of nitrogens with zero attached hydrogens (tertiary/aromatic N) is 1. The van der Waals surface area contributed by atoms with Crippen LogP contribution in [0, 0.1) is 10.7 Å². The summed E-state index contributed by atoms with van der Waals surface area (Å²) in [5.41, 5.74) is 0.469. The van der Waals surface area contributed by atoms with E-state index in [-0.39, 0.29) is 5.56 Å². The Morgan fingerprint density at radius 3 is 2.14 bits per heavy atom. The predicted molar refractivity (Wildman–Crippen MR) is 108 cm³/mol. The third-order valence-electron chi connectivity index (χ3n) is 2.87. The number of halogens is 3. The van der Waals surface area contributed by atoms with Crippen molar-refractivity contribution in [1.82, 2.24) is 4.90 Å². The number of hydrogen-bond donors (Lipinski definition) is 2. The van der Waals surface area contributed by atoms with Gasteiger partial charge in [0.15, 0.2) is 0 Å². The monoisotopic (exact) mass is 642 g/mol. The lowest BCUT2D eigenvalue weighted by Gasteiger charge is -2.19. The molecule has 0 heterocycles. The first kappa shape index (κ1) is 19.9. The van der Waals surface area contributed by atoms with Crippen LogP contribution in [-0.2, 0) is 9.59 Å². The largest absolute Gasteiger partial charge is 0.478 e. The molecule has 0 unspecified atom stereocenters. The van der Waals surface area contributed by atoms with Crippen molar-refractivity contribution in [3.05, 3.63) is 22.3 Å². The summed E-state index contributed by atoms with van der Waals surface area (Å²) < 4.78 is 1.66. The van der Waals surface area contributed by atoms with Crippen LogP contribution in [0.15, 0.2) is 6.07 Å². The number of benzene rings is 1. The van der Waals surface area contributed by atoms with Crippen LogP contribution in [0.1, 0.15) is 24.2 Å². The predicted octanol–water partition coefficient (Wildman–Crippen LogP) is 3.01. The maximum Gasteiger partial charge on any atom is 0.337 e. The quantitative estimate of drug-likeness (QED) is 0.391. The van der Waals surface area contributed by atoms with Crippen molar-refractivity contribution in [1.29, 1.82) is 0 Å². The molecule has 0 saturated heterocycles. The first-order chi connectivity index (χ1) is 10.2. The van der Waals surface area contributed by atoms with E-state index in [1.807, 2.05) is 67.8 Å². The van der Waals surface area contributed by atoms with Crippen molar-refractivity contribution in [2.75, 3.05) is 18.4 Å². The first-order valence-electron chi connectivity index (χ1n) is 6.25. The summed E-state index contributed by atoms with van der Waals surface area (Å²) in [5.74, 6) is -2.47. The minimum atomic E-state index is -1.07. The molecule has 0 aliphatic heterocycles. The molecule has 120 valence electrons. The van der Waals surface area contributed by atoms with E-state index in [0.29, 0.717) is 29.5 Å². The average molecular weight is 642 g/mol. The molecule has 9 heteroatoms. The van der Waals surface area contributed by atoms with Gasteiger partial charge in [-0.15, -0.1) is 0 Å². The molecule has 22 heavy (non-hydrogen) atoms. The minimum absolute atomic E-state index is 0.118. The standard InChI is InChI=1S/C13H13I3N2O4/c1-3-18(4-2)12(20)11(19)17-10-7(15)5-6(14)8(9(10)16)13(21)22/h5H,3-4H2,1-2H3,(H,17,19)(H,21,22). The van der Waals surface area contributed by atoms with E-state index in [1.54, 1.807) is 19.9 Å². The Labute approximate surface area is 168 Å². The molecular weight excluding hydrogens is 629 g/mol. The second-order valence-corrected chi connectivity index (χ2v) is 7.54. The Morgan fingerprint density at radius 2 is 1.68 bits per heavy atom. The molecule has 0 aliphatic rings. The Bertz CT molecular complexity index is 630. The van der Waals surface area contributed by atoms with E-state index in [2.05, 4.69) is 5.32 Å². The zero-order valence-corrected chi connectivity index (χ0v) is 18.2. The van der Waals surface area contributed by atoms with Crippen LogP contribution in [-0.4, -0.2) is 40.9 Å². The van der Waals surface area contributed by atoms with Gasteiger partial charge in [-0.1, -0.05) is 0 Å². The molecule has 0 aliphatic carbocycles. The number of likely N-dealkylation sites (N-methyl/N-ethyl adjacent to an activating group) is 1. The summed E-state index contributed by atoms with van der Waals surface area (Å²) in [5, 5.41) is 11.8. The number of aromatic carboxylic acids is 1. The molecule has 1 aromatic carbocycles. The summed E-state index contributed by atoms with van der Waals surface area (Å²) in [6.45, 7) is 4.44. The second-order valence-electron chi connectivity index (χ2n) is 4.14. The molecule has 2 amide bonds. The lowest BCUT2D eigenvalue weighted by atomic mass is 10.2. The van der Waals surface area contributed by atoms with Crippen molar-refractivity contribution < 1.29 is 19.5 Å². The Morgan fingerprint density at radius 1 is 1.14 bits per heavy atom. The zero-order valence-electron chi connectivity index (χ0n) is 11.7. The molecule has 0 saturated carbocycles. The van der Waals surface area contributed by atoms with Gasteiger partial charge in [-0.25, -0.2) is 4.79 Å². The van der Waals surface area contributed by atoms with Gasteiger partial charge in [-0.3, -0.25) is 9.59 Å². The fraction of sp³-hybridized carbons (Fsp3) is 0.308. The minimum Gasteiger partial charge on any atom is -0.478 e. The van der Waals surface area contributed by atoms with Crippen LogP contribution in [0.4, 0.5) is 5.69 Å². The lowest BCUT2D eigenvalue weighted by Crippen LogP contribution is -2.39. The highest BCUT2D eigenvalue weighted by Crippen LogP contribution is 2.31. The Kier molecular flexibility index (Phi) is 7.78.